The summed E-state index contributed by atoms with van der Waals surface area (Å²) in [4.78, 5) is 14.3. The molecule has 0 aliphatic carbocycles. The van der Waals surface area contributed by atoms with Crippen molar-refractivity contribution in [3.8, 4) is 5.75 Å². The number of carbonyl (C=O) groups excluding carboxylic acids is 1. The van der Waals surface area contributed by atoms with E-state index in [1.165, 1.54) is 12.1 Å². The number of ether oxygens (including phenoxy) is 1. The van der Waals surface area contributed by atoms with Gasteiger partial charge in [-0.25, -0.2) is 0 Å². The number of likely N-dealkylation sites (tertiary alicyclic amines) is 1. The second kappa shape index (κ2) is 7.00. The van der Waals surface area contributed by atoms with Gasteiger partial charge in [0.1, 0.15) is 5.75 Å². The van der Waals surface area contributed by atoms with Crippen LogP contribution in [0.1, 0.15) is 36.0 Å². The predicted octanol–water partition coefficient (Wildman–Crippen LogP) is 2.93. The first kappa shape index (κ1) is 16.6. The van der Waals surface area contributed by atoms with E-state index in [1.54, 1.807) is 4.90 Å². The van der Waals surface area contributed by atoms with E-state index in [2.05, 4.69) is 4.74 Å². The third-order valence-corrected chi connectivity index (χ3v) is 3.72. The predicted molar refractivity (Wildman–Crippen MR) is 75.5 cm³/mol. The van der Waals surface area contributed by atoms with Crippen molar-refractivity contribution in [2.75, 3.05) is 13.1 Å². The maximum Gasteiger partial charge on any atom is 0.573 e. The average Bonchev–Trinajstić information content (AvgIpc) is 2.47. The van der Waals surface area contributed by atoms with Crippen molar-refractivity contribution in [1.82, 2.24) is 4.90 Å². The summed E-state index contributed by atoms with van der Waals surface area (Å²) in [7, 11) is 0. The molecule has 0 aromatic heterocycles. The number of carbonyl (C=O) groups is 1. The molecule has 1 aromatic carbocycles. The molecule has 7 heteroatoms. The van der Waals surface area contributed by atoms with E-state index in [9.17, 15) is 18.0 Å². The molecular weight excluding hydrogens is 297 g/mol. The van der Waals surface area contributed by atoms with Gasteiger partial charge in [0, 0.05) is 18.2 Å². The van der Waals surface area contributed by atoms with Crippen LogP contribution in [0, 0.1) is 0 Å². The summed E-state index contributed by atoms with van der Waals surface area (Å²) in [5.41, 5.74) is 5.94. The van der Waals surface area contributed by atoms with Crippen LogP contribution in [0.15, 0.2) is 24.3 Å². The van der Waals surface area contributed by atoms with Gasteiger partial charge in [0.2, 0.25) is 0 Å². The molecule has 0 saturated carbocycles. The number of benzene rings is 1. The minimum absolute atomic E-state index is 0.109. The second-order valence-corrected chi connectivity index (χ2v) is 5.30. The minimum Gasteiger partial charge on any atom is -0.406 e. The molecule has 1 amide bonds. The molecule has 0 spiro atoms. The van der Waals surface area contributed by atoms with E-state index in [0.717, 1.165) is 37.8 Å². The lowest BCUT2D eigenvalue weighted by molar-refractivity contribution is -0.274. The van der Waals surface area contributed by atoms with Crippen LogP contribution < -0.4 is 10.5 Å². The standard InChI is InChI=1S/C15H19F3N2O2/c16-15(17,18)22-13-6-4-11(5-7-13)14(21)20-10-2-1-3-12(20)8-9-19/h4-7,12H,1-3,8-10,19H2. The summed E-state index contributed by atoms with van der Waals surface area (Å²) in [5, 5.41) is 0. The van der Waals surface area contributed by atoms with E-state index >= 15 is 0 Å². The van der Waals surface area contributed by atoms with Gasteiger partial charge in [-0.15, -0.1) is 13.2 Å². The lowest BCUT2D eigenvalue weighted by atomic mass is 9.98. The Morgan fingerprint density at radius 3 is 2.55 bits per heavy atom. The molecule has 1 saturated heterocycles. The summed E-state index contributed by atoms with van der Waals surface area (Å²) < 4.78 is 40.2. The Kier molecular flexibility index (Phi) is 5.28. The van der Waals surface area contributed by atoms with Crippen LogP contribution in [-0.4, -0.2) is 36.3 Å². The first-order valence-corrected chi connectivity index (χ1v) is 7.27. The van der Waals surface area contributed by atoms with Gasteiger partial charge in [0.05, 0.1) is 0 Å². The molecule has 22 heavy (non-hydrogen) atoms. The summed E-state index contributed by atoms with van der Waals surface area (Å²) in [6.45, 7) is 1.16. The molecule has 1 aliphatic heterocycles. The van der Waals surface area contributed by atoms with Crippen LogP contribution in [0.5, 0.6) is 5.75 Å². The molecule has 0 bridgehead atoms. The lowest BCUT2D eigenvalue weighted by Crippen LogP contribution is -2.44. The van der Waals surface area contributed by atoms with Crippen LogP contribution in [0.25, 0.3) is 0 Å². The van der Waals surface area contributed by atoms with Crippen LogP contribution in [0.2, 0.25) is 0 Å². The third-order valence-electron chi connectivity index (χ3n) is 3.72. The molecule has 1 aromatic rings. The van der Waals surface area contributed by atoms with Crippen molar-refractivity contribution in [2.45, 2.75) is 38.1 Å². The summed E-state index contributed by atoms with van der Waals surface area (Å²) in [6, 6.07) is 5.14. The van der Waals surface area contributed by atoms with Crippen molar-refractivity contribution in [3.63, 3.8) is 0 Å². The Hall–Kier alpha value is -1.76. The van der Waals surface area contributed by atoms with E-state index < -0.39 is 6.36 Å². The zero-order valence-corrected chi connectivity index (χ0v) is 12.1. The Morgan fingerprint density at radius 2 is 1.95 bits per heavy atom. The van der Waals surface area contributed by atoms with Crippen LogP contribution in [0.3, 0.4) is 0 Å². The maximum atomic E-state index is 12.5. The molecule has 2 N–H and O–H groups in total. The molecule has 1 heterocycles. The first-order valence-electron chi connectivity index (χ1n) is 7.27. The highest BCUT2D eigenvalue weighted by Gasteiger charge is 2.31. The Bertz CT molecular complexity index is 501. The molecule has 0 radical (unpaired) electrons. The van der Waals surface area contributed by atoms with E-state index in [-0.39, 0.29) is 17.7 Å². The highest BCUT2D eigenvalue weighted by molar-refractivity contribution is 5.94. The minimum atomic E-state index is -4.73. The molecule has 1 atom stereocenters. The van der Waals surface area contributed by atoms with Crippen LogP contribution in [0.4, 0.5) is 13.2 Å². The second-order valence-electron chi connectivity index (χ2n) is 5.30. The number of hydrogen-bond donors (Lipinski definition) is 1. The Labute approximate surface area is 127 Å². The lowest BCUT2D eigenvalue weighted by Gasteiger charge is -2.35. The molecular formula is C15H19F3N2O2. The zero-order valence-electron chi connectivity index (χ0n) is 12.1. The first-order chi connectivity index (χ1) is 10.4. The highest BCUT2D eigenvalue weighted by atomic mass is 19.4. The van der Waals surface area contributed by atoms with Crippen molar-refractivity contribution in [2.24, 2.45) is 5.73 Å². The summed E-state index contributed by atoms with van der Waals surface area (Å²) >= 11 is 0. The Balaban J connectivity index is 2.08. The quantitative estimate of drug-likeness (QED) is 0.929. The zero-order chi connectivity index (χ0) is 16.2. The number of alkyl halides is 3. The Morgan fingerprint density at radius 1 is 1.27 bits per heavy atom. The van der Waals surface area contributed by atoms with Gasteiger partial charge in [0.15, 0.2) is 0 Å². The van der Waals surface area contributed by atoms with Gasteiger partial charge in [-0.3, -0.25) is 4.79 Å². The fourth-order valence-corrected chi connectivity index (χ4v) is 2.73. The summed E-state index contributed by atoms with van der Waals surface area (Å²) in [6.07, 6.45) is -1.08. The van der Waals surface area contributed by atoms with Crippen LogP contribution >= 0.6 is 0 Å². The summed E-state index contributed by atoms with van der Waals surface area (Å²) in [5.74, 6) is -0.502. The van der Waals surface area contributed by atoms with Gasteiger partial charge in [-0.05, 0) is 56.5 Å². The topological polar surface area (TPSA) is 55.6 Å². The molecule has 1 fully saturated rings. The number of amides is 1. The van der Waals surface area contributed by atoms with E-state index in [0.29, 0.717) is 18.7 Å². The highest BCUT2D eigenvalue weighted by Crippen LogP contribution is 2.25. The number of nitrogens with two attached hydrogens (primary N) is 1. The molecule has 4 nitrogen and oxygen atoms in total. The number of halogens is 3. The van der Waals surface area contributed by atoms with Crippen molar-refractivity contribution >= 4 is 5.91 Å². The smallest absolute Gasteiger partial charge is 0.406 e. The monoisotopic (exact) mass is 316 g/mol. The normalized spacial score (nSPS) is 19.1. The van der Waals surface area contributed by atoms with Gasteiger partial charge in [0.25, 0.3) is 5.91 Å². The fraction of sp³-hybridized carbons (Fsp3) is 0.533. The number of piperidine rings is 1. The number of rotatable bonds is 4. The number of hydrogen-bond acceptors (Lipinski definition) is 3. The largest absolute Gasteiger partial charge is 0.573 e. The van der Waals surface area contributed by atoms with E-state index in [1.807, 2.05) is 0 Å². The van der Waals surface area contributed by atoms with Crippen molar-refractivity contribution in [1.29, 1.82) is 0 Å². The average molecular weight is 316 g/mol. The molecule has 1 aliphatic rings. The fourth-order valence-electron chi connectivity index (χ4n) is 2.73. The van der Waals surface area contributed by atoms with Gasteiger partial charge in [-0.1, -0.05) is 0 Å². The maximum absolute atomic E-state index is 12.5. The number of nitrogens with zero attached hydrogens (tertiary/aromatic N) is 1. The molecule has 122 valence electrons. The third kappa shape index (κ3) is 4.37. The van der Waals surface area contributed by atoms with Crippen molar-refractivity contribution in [3.05, 3.63) is 29.8 Å². The van der Waals surface area contributed by atoms with Crippen molar-refractivity contribution < 1.29 is 22.7 Å². The SMILES string of the molecule is NCCC1CCCCN1C(=O)c1ccc(OC(F)(F)F)cc1. The van der Waals surface area contributed by atoms with Gasteiger partial charge >= 0.3 is 6.36 Å². The molecule has 1 unspecified atom stereocenters. The van der Waals surface area contributed by atoms with Gasteiger partial charge < -0.3 is 15.4 Å². The molecule has 2 rings (SSSR count). The van der Waals surface area contributed by atoms with Gasteiger partial charge in [-0.2, -0.15) is 0 Å². The van der Waals surface area contributed by atoms with Crippen LogP contribution in [-0.2, 0) is 0 Å². The van der Waals surface area contributed by atoms with E-state index in [4.69, 9.17) is 5.73 Å².